The second kappa shape index (κ2) is 5.98. The molecule has 0 unspecified atom stereocenters. The van der Waals surface area contributed by atoms with Gasteiger partial charge in [0.1, 0.15) is 0 Å². The van der Waals surface area contributed by atoms with Crippen molar-refractivity contribution in [1.29, 1.82) is 0 Å². The minimum atomic E-state index is -0.138. The standard InChI is InChI=1S/C23H27N/c1-22(2,3)18-13-15-19(16-14-18)23(4,5)24-21-12-8-10-17-9-6-7-11-20(17)21/h6-16,24H,1-5H3. The average Bonchev–Trinajstić information content (AvgIpc) is 2.54. The first-order chi connectivity index (χ1) is 11.3. The minimum Gasteiger partial charge on any atom is -0.376 e. The van der Waals surface area contributed by atoms with Crippen molar-refractivity contribution in [2.45, 2.75) is 45.6 Å². The van der Waals surface area contributed by atoms with Crippen LogP contribution in [0.2, 0.25) is 0 Å². The van der Waals surface area contributed by atoms with Crippen LogP contribution in [0.5, 0.6) is 0 Å². The van der Waals surface area contributed by atoms with Gasteiger partial charge in [0.2, 0.25) is 0 Å². The Bertz CT molecular complexity index is 831. The van der Waals surface area contributed by atoms with Gasteiger partial charge in [-0.05, 0) is 41.8 Å². The summed E-state index contributed by atoms with van der Waals surface area (Å²) < 4.78 is 0. The van der Waals surface area contributed by atoms with Gasteiger partial charge in [0, 0.05) is 11.1 Å². The summed E-state index contributed by atoms with van der Waals surface area (Å²) >= 11 is 0. The van der Waals surface area contributed by atoms with Gasteiger partial charge in [-0.15, -0.1) is 0 Å². The molecule has 3 aromatic carbocycles. The predicted octanol–water partition coefficient (Wildman–Crippen LogP) is 6.48. The van der Waals surface area contributed by atoms with Crippen LogP contribution in [0, 0.1) is 0 Å². The number of fused-ring (bicyclic) bond motifs is 1. The summed E-state index contributed by atoms with van der Waals surface area (Å²) in [6.07, 6.45) is 0. The van der Waals surface area contributed by atoms with Crippen molar-refractivity contribution in [3.05, 3.63) is 77.9 Å². The molecule has 0 heterocycles. The Morgan fingerprint density at radius 2 is 1.21 bits per heavy atom. The van der Waals surface area contributed by atoms with Gasteiger partial charge in [-0.1, -0.05) is 81.4 Å². The first-order valence-corrected chi connectivity index (χ1v) is 8.64. The van der Waals surface area contributed by atoms with Crippen molar-refractivity contribution in [3.63, 3.8) is 0 Å². The highest BCUT2D eigenvalue weighted by Gasteiger charge is 2.22. The molecule has 24 heavy (non-hydrogen) atoms. The highest BCUT2D eigenvalue weighted by atomic mass is 15.0. The summed E-state index contributed by atoms with van der Waals surface area (Å²) in [5, 5.41) is 6.26. The van der Waals surface area contributed by atoms with E-state index in [0.29, 0.717) is 0 Å². The molecule has 0 saturated heterocycles. The first kappa shape index (κ1) is 16.6. The van der Waals surface area contributed by atoms with E-state index in [1.807, 2.05) is 0 Å². The van der Waals surface area contributed by atoms with E-state index >= 15 is 0 Å². The maximum atomic E-state index is 3.74. The maximum absolute atomic E-state index is 3.74. The molecule has 0 saturated carbocycles. The monoisotopic (exact) mass is 317 g/mol. The summed E-state index contributed by atoms with van der Waals surface area (Å²) in [4.78, 5) is 0. The van der Waals surface area contributed by atoms with Gasteiger partial charge in [0.15, 0.2) is 0 Å². The molecule has 0 amide bonds. The molecule has 0 spiro atoms. The van der Waals surface area contributed by atoms with Crippen molar-refractivity contribution in [3.8, 4) is 0 Å². The number of hydrogen-bond acceptors (Lipinski definition) is 1. The van der Waals surface area contributed by atoms with Gasteiger partial charge < -0.3 is 5.32 Å². The molecule has 1 nitrogen and oxygen atoms in total. The summed E-state index contributed by atoms with van der Waals surface area (Å²) in [6, 6.07) is 24.0. The molecular weight excluding hydrogens is 290 g/mol. The van der Waals surface area contributed by atoms with E-state index in [0.717, 1.165) is 0 Å². The lowest BCUT2D eigenvalue weighted by Crippen LogP contribution is -2.28. The third kappa shape index (κ3) is 3.31. The summed E-state index contributed by atoms with van der Waals surface area (Å²) in [5.41, 5.74) is 3.89. The topological polar surface area (TPSA) is 12.0 Å². The van der Waals surface area contributed by atoms with E-state index in [1.165, 1.54) is 27.6 Å². The largest absolute Gasteiger partial charge is 0.376 e. The highest BCUT2D eigenvalue weighted by Crippen LogP contribution is 2.31. The van der Waals surface area contributed by atoms with Crippen LogP contribution in [0.1, 0.15) is 45.7 Å². The van der Waals surface area contributed by atoms with Crippen LogP contribution in [0.15, 0.2) is 66.7 Å². The maximum Gasteiger partial charge on any atom is 0.0569 e. The molecule has 0 aromatic heterocycles. The summed E-state index contributed by atoms with van der Waals surface area (Å²) in [6.45, 7) is 11.2. The predicted molar refractivity (Wildman–Crippen MR) is 106 cm³/mol. The Morgan fingerprint density at radius 3 is 1.88 bits per heavy atom. The molecule has 0 aliphatic heterocycles. The zero-order chi connectivity index (χ0) is 17.4. The van der Waals surface area contributed by atoms with E-state index in [2.05, 4.69) is 107 Å². The van der Waals surface area contributed by atoms with Crippen LogP contribution < -0.4 is 5.32 Å². The number of benzene rings is 3. The lowest BCUT2D eigenvalue weighted by atomic mass is 9.84. The Morgan fingerprint density at radius 1 is 0.625 bits per heavy atom. The van der Waals surface area contributed by atoms with E-state index in [9.17, 15) is 0 Å². The third-order valence-corrected chi connectivity index (χ3v) is 4.71. The second-order valence-corrected chi connectivity index (χ2v) is 8.10. The molecule has 0 aliphatic rings. The molecule has 0 aliphatic carbocycles. The van der Waals surface area contributed by atoms with Crippen LogP contribution >= 0.6 is 0 Å². The number of hydrogen-bond donors (Lipinski definition) is 1. The fourth-order valence-electron chi connectivity index (χ4n) is 3.13. The van der Waals surface area contributed by atoms with Crippen molar-refractivity contribution in [2.75, 3.05) is 5.32 Å². The van der Waals surface area contributed by atoms with E-state index < -0.39 is 0 Å². The van der Waals surface area contributed by atoms with Gasteiger partial charge in [0.05, 0.1) is 5.54 Å². The van der Waals surface area contributed by atoms with Crippen LogP contribution in [-0.2, 0) is 11.0 Å². The van der Waals surface area contributed by atoms with Gasteiger partial charge in [-0.2, -0.15) is 0 Å². The van der Waals surface area contributed by atoms with Crippen molar-refractivity contribution in [2.24, 2.45) is 0 Å². The molecule has 1 heteroatoms. The Labute approximate surface area is 145 Å². The van der Waals surface area contributed by atoms with Crippen LogP contribution in [0.4, 0.5) is 5.69 Å². The normalized spacial score (nSPS) is 12.4. The molecule has 3 aromatic rings. The lowest BCUT2D eigenvalue weighted by molar-refractivity contribution is 0.583. The van der Waals surface area contributed by atoms with E-state index in [-0.39, 0.29) is 11.0 Å². The molecular formula is C23H27N. The minimum absolute atomic E-state index is 0.138. The fraction of sp³-hybridized carbons (Fsp3) is 0.304. The third-order valence-electron chi connectivity index (χ3n) is 4.71. The van der Waals surface area contributed by atoms with Crippen molar-refractivity contribution in [1.82, 2.24) is 0 Å². The Kier molecular flexibility index (Phi) is 4.13. The molecule has 124 valence electrons. The van der Waals surface area contributed by atoms with Gasteiger partial charge in [0.25, 0.3) is 0 Å². The Hall–Kier alpha value is -2.28. The molecule has 1 N–H and O–H groups in total. The fourth-order valence-corrected chi connectivity index (χ4v) is 3.13. The molecule has 3 rings (SSSR count). The van der Waals surface area contributed by atoms with Crippen LogP contribution in [0.3, 0.4) is 0 Å². The van der Waals surface area contributed by atoms with Gasteiger partial charge in [-0.3, -0.25) is 0 Å². The number of rotatable bonds is 3. The quantitative estimate of drug-likeness (QED) is 0.582. The zero-order valence-corrected chi connectivity index (χ0v) is 15.4. The number of nitrogens with one attached hydrogen (secondary N) is 1. The van der Waals surface area contributed by atoms with E-state index in [4.69, 9.17) is 0 Å². The lowest BCUT2D eigenvalue weighted by Gasteiger charge is -2.30. The van der Waals surface area contributed by atoms with Crippen molar-refractivity contribution >= 4 is 16.5 Å². The first-order valence-electron chi connectivity index (χ1n) is 8.64. The highest BCUT2D eigenvalue weighted by molar-refractivity contribution is 5.94. The number of anilines is 1. The van der Waals surface area contributed by atoms with Crippen molar-refractivity contribution < 1.29 is 0 Å². The van der Waals surface area contributed by atoms with Gasteiger partial charge >= 0.3 is 0 Å². The molecule has 0 fully saturated rings. The Balaban J connectivity index is 1.93. The zero-order valence-electron chi connectivity index (χ0n) is 15.4. The van der Waals surface area contributed by atoms with Crippen LogP contribution in [-0.4, -0.2) is 0 Å². The SMILES string of the molecule is CC(C)(C)c1ccc(C(C)(C)Nc2cccc3ccccc23)cc1. The van der Waals surface area contributed by atoms with E-state index in [1.54, 1.807) is 0 Å². The van der Waals surface area contributed by atoms with Crippen LogP contribution in [0.25, 0.3) is 10.8 Å². The van der Waals surface area contributed by atoms with Gasteiger partial charge in [-0.25, -0.2) is 0 Å². The summed E-state index contributed by atoms with van der Waals surface area (Å²) in [5.74, 6) is 0. The summed E-state index contributed by atoms with van der Waals surface area (Å²) in [7, 11) is 0. The molecule has 0 bridgehead atoms. The average molecular weight is 317 g/mol. The smallest absolute Gasteiger partial charge is 0.0569 e. The second-order valence-electron chi connectivity index (χ2n) is 8.10. The molecule has 0 radical (unpaired) electrons. The molecule has 0 atom stereocenters.